The molecule has 6 nitrogen and oxygen atoms in total. The van der Waals surface area contributed by atoms with E-state index in [1.165, 1.54) is 28.9 Å². The predicted octanol–water partition coefficient (Wildman–Crippen LogP) is 3.89. The van der Waals surface area contributed by atoms with Gasteiger partial charge in [0, 0.05) is 18.0 Å². The van der Waals surface area contributed by atoms with Gasteiger partial charge in [0.25, 0.3) is 0 Å². The van der Waals surface area contributed by atoms with Crippen molar-refractivity contribution < 1.29 is 17.9 Å². The van der Waals surface area contributed by atoms with E-state index in [9.17, 15) is 8.42 Å². The Bertz CT molecular complexity index is 1040. The molecule has 0 aliphatic heterocycles. The number of thiazole rings is 1. The van der Waals surface area contributed by atoms with Gasteiger partial charge in [-0.2, -0.15) is 0 Å². The highest BCUT2D eigenvalue weighted by atomic mass is 32.2. The van der Waals surface area contributed by atoms with Crippen molar-refractivity contribution in [2.45, 2.75) is 0 Å². The third-order valence-corrected chi connectivity index (χ3v) is 6.24. The van der Waals surface area contributed by atoms with E-state index in [1.807, 2.05) is 35.7 Å². The van der Waals surface area contributed by atoms with Gasteiger partial charge in [-0.05, 0) is 24.3 Å². The Hall–Kier alpha value is -2.58. The van der Waals surface area contributed by atoms with E-state index in [1.54, 1.807) is 26.4 Å². The topological polar surface area (TPSA) is 68.7 Å². The summed E-state index contributed by atoms with van der Waals surface area (Å²) < 4.78 is 35.4. The molecule has 1 heterocycles. The van der Waals surface area contributed by atoms with E-state index < -0.39 is 10.0 Å². The SMILES string of the molecule is COc1cccc(-c2nc(-c3ccc(N(C)S(C)(=O)=O)cc3)cs2)c1OC. The first-order valence-electron chi connectivity index (χ1n) is 8.06. The van der Waals surface area contributed by atoms with Gasteiger partial charge >= 0.3 is 0 Å². The second kappa shape index (κ2) is 7.58. The summed E-state index contributed by atoms with van der Waals surface area (Å²) in [5.74, 6) is 1.30. The van der Waals surface area contributed by atoms with Gasteiger partial charge in [-0.1, -0.05) is 18.2 Å². The van der Waals surface area contributed by atoms with E-state index in [0.717, 1.165) is 21.8 Å². The van der Waals surface area contributed by atoms with Crippen molar-refractivity contribution in [2.24, 2.45) is 0 Å². The summed E-state index contributed by atoms with van der Waals surface area (Å²) in [7, 11) is 1.45. The minimum Gasteiger partial charge on any atom is -0.493 e. The van der Waals surface area contributed by atoms with Gasteiger partial charge in [0.1, 0.15) is 5.01 Å². The quantitative estimate of drug-likeness (QED) is 0.623. The average Bonchev–Trinajstić information content (AvgIpc) is 3.16. The molecule has 0 aliphatic carbocycles. The Balaban J connectivity index is 1.93. The molecule has 27 heavy (non-hydrogen) atoms. The van der Waals surface area contributed by atoms with Gasteiger partial charge in [-0.15, -0.1) is 11.3 Å². The first kappa shape index (κ1) is 19.2. The number of anilines is 1. The maximum atomic E-state index is 11.7. The van der Waals surface area contributed by atoms with Crippen LogP contribution in [0.1, 0.15) is 0 Å². The molecule has 0 aliphatic rings. The van der Waals surface area contributed by atoms with Crippen molar-refractivity contribution in [3.8, 4) is 33.3 Å². The molecule has 0 fully saturated rings. The standard InChI is InChI=1S/C19H20N2O4S2/c1-21(27(4,22)23)14-10-8-13(9-11-14)16-12-26-19(20-16)15-6-5-7-17(24-2)18(15)25-3/h5-12H,1-4H3. The summed E-state index contributed by atoms with van der Waals surface area (Å²) in [5, 5.41) is 2.78. The van der Waals surface area contributed by atoms with Crippen molar-refractivity contribution in [1.29, 1.82) is 0 Å². The zero-order chi connectivity index (χ0) is 19.6. The maximum absolute atomic E-state index is 11.7. The lowest BCUT2D eigenvalue weighted by atomic mass is 10.1. The molecule has 1 aromatic heterocycles. The second-order valence-electron chi connectivity index (χ2n) is 5.86. The summed E-state index contributed by atoms with van der Waals surface area (Å²) in [6.07, 6.45) is 1.18. The lowest BCUT2D eigenvalue weighted by Gasteiger charge is -2.16. The summed E-state index contributed by atoms with van der Waals surface area (Å²) in [4.78, 5) is 4.71. The van der Waals surface area contributed by atoms with Crippen molar-refractivity contribution in [2.75, 3.05) is 31.8 Å². The van der Waals surface area contributed by atoms with Crippen LogP contribution in [-0.2, 0) is 10.0 Å². The molecule has 0 amide bonds. The first-order valence-corrected chi connectivity index (χ1v) is 10.8. The third kappa shape index (κ3) is 3.91. The highest BCUT2D eigenvalue weighted by Gasteiger charge is 2.16. The van der Waals surface area contributed by atoms with E-state index in [-0.39, 0.29) is 0 Å². The summed E-state index contributed by atoms with van der Waals surface area (Å²) in [5.41, 5.74) is 3.19. The second-order valence-corrected chi connectivity index (χ2v) is 8.73. The number of hydrogen-bond donors (Lipinski definition) is 0. The number of ether oxygens (including phenoxy) is 2. The van der Waals surface area contributed by atoms with E-state index in [0.29, 0.717) is 17.2 Å². The zero-order valence-corrected chi connectivity index (χ0v) is 17.1. The molecule has 0 radical (unpaired) electrons. The molecule has 3 rings (SSSR count). The van der Waals surface area contributed by atoms with Crippen LogP contribution in [-0.4, -0.2) is 40.9 Å². The Morgan fingerprint density at radius 3 is 2.33 bits per heavy atom. The fourth-order valence-corrected chi connectivity index (χ4v) is 3.97. The number of methoxy groups -OCH3 is 2. The maximum Gasteiger partial charge on any atom is 0.231 e. The minimum absolute atomic E-state index is 0.603. The molecule has 3 aromatic rings. The van der Waals surface area contributed by atoms with Gasteiger partial charge < -0.3 is 9.47 Å². The third-order valence-electron chi connectivity index (χ3n) is 4.16. The van der Waals surface area contributed by atoms with Crippen molar-refractivity contribution in [1.82, 2.24) is 4.98 Å². The van der Waals surface area contributed by atoms with Gasteiger partial charge in [0.2, 0.25) is 10.0 Å². The molecular formula is C19H20N2O4S2. The molecule has 0 saturated heterocycles. The van der Waals surface area contributed by atoms with E-state index >= 15 is 0 Å². The van der Waals surface area contributed by atoms with E-state index in [4.69, 9.17) is 14.5 Å². The van der Waals surface area contributed by atoms with Gasteiger partial charge in [-0.3, -0.25) is 4.31 Å². The van der Waals surface area contributed by atoms with Crippen molar-refractivity contribution in [3.63, 3.8) is 0 Å². The Morgan fingerprint density at radius 2 is 1.74 bits per heavy atom. The summed E-state index contributed by atoms with van der Waals surface area (Å²) in [6.45, 7) is 0. The zero-order valence-electron chi connectivity index (χ0n) is 15.5. The van der Waals surface area contributed by atoms with E-state index in [2.05, 4.69) is 0 Å². The fourth-order valence-electron chi connectivity index (χ4n) is 2.62. The van der Waals surface area contributed by atoms with Crippen LogP contribution in [0.3, 0.4) is 0 Å². The van der Waals surface area contributed by atoms with Crippen molar-refractivity contribution in [3.05, 3.63) is 47.8 Å². The normalized spacial score (nSPS) is 11.3. The molecule has 0 atom stereocenters. The molecule has 0 N–H and O–H groups in total. The monoisotopic (exact) mass is 404 g/mol. The smallest absolute Gasteiger partial charge is 0.231 e. The largest absolute Gasteiger partial charge is 0.493 e. The molecule has 0 spiro atoms. The number of benzene rings is 2. The van der Waals surface area contributed by atoms with Gasteiger partial charge in [0.05, 0.1) is 37.4 Å². The molecule has 8 heteroatoms. The Kier molecular flexibility index (Phi) is 5.38. The number of aromatic nitrogens is 1. The number of sulfonamides is 1. The molecule has 0 unspecified atom stereocenters. The number of para-hydroxylation sites is 1. The predicted molar refractivity (Wildman–Crippen MR) is 109 cm³/mol. The van der Waals surface area contributed by atoms with Crippen LogP contribution in [0.15, 0.2) is 47.8 Å². The van der Waals surface area contributed by atoms with Crippen LogP contribution in [0, 0.1) is 0 Å². The Labute approximate surface area is 163 Å². The number of nitrogens with zero attached hydrogens (tertiary/aromatic N) is 2. The first-order chi connectivity index (χ1) is 12.8. The molecule has 0 saturated carbocycles. The van der Waals surface area contributed by atoms with Crippen LogP contribution in [0.2, 0.25) is 0 Å². The highest BCUT2D eigenvalue weighted by Crippen LogP contribution is 2.40. The molecule has 2 aromatic carbocycles. The lowest BCUT2D eigenvalue weighted by molar-refractivity contribution is 0.356. The van der Waals surface area contributed by atoms with Crippen LogP contribution in [0.25, 0.3) is 21.8 Å². The lowest BCUT2D eigenvalue weighted by Crippen LogP contribution is -2.24. The Morgan fingerprint density at radius 1 is 1.04 bits per heavy atom. The van der Waals surface area contributed by atoms with Crippen LogP contribution in [0.5, 0.6) is 11.5 Å². The summed E-state index contributed by atoms with van der Waals surface area (Å²) in [6, 6.07) is 12.9. The number of hydrogen-bond acceptors (Lipinski definition) is 6. The molecular weight excluding hydrogens is 384 g/mol. The van der Waals surface area contributed by atoms with Gasteiger partial charge in [0.15, 0.2) is 11.5 Å². The minimum atomic E-state index is -3.29. The van der Waals surface area contributed by atoms with Crippen LogP contribution >= 0.6 is 11.3 Å². The number of rotatable bonds is 6. The molecule has 142 valence electrons. The molecule has 0 bridgehead atoms. The summed E-state index contributed by atoms with van der Waals surface area (Å²) >= 11 is 1.51. The van der Waals surface area contributed by atoms with Crippen molar-refractivity contribution >= 4 is 27.0 Å². The van der Waals surface area contributed by atoms with Gasteiger partial charge in [-0.25, -0.2) is 13.4 Å². The van der Waals surface area contributed by atoms with Crippen LogP contribution < -0.4 is 13.8 Å². The van der Waals surface area contributed by atoms with Crippen LogP contribution in [0.4, 0.5) is 5.69 Å². The highest BCUT2D eigenvalue weighted by molar-refractivity contribution is 7.92. The average molecular weight is 405 g/mol. The fraction of sp³-hybridized carbons (Fsp3) is 0.211.